The molecule has 10 nitrogen and oxygen atoms in total. The van der Waals surface area contributed by atoms with Crippen LogP contribution < -0.4 is 20.3 Å². The van der Waals surface area contributed by atoms with Crippen molar-refractivity contribution in [3.63, 3.8) is 0 Å². The van der Waals surface area contributed by atoms with Gasteiger partial charge in [0.05, 0.1) is 12.0 Å². The molecule has 2 heterocycles. The number of rotatable bonds is 7. The summed E-state index contributed by atoms with van der Waals surface area (Å²) >= 11 is 0. The van der Waals surface area contributed by atoms with Crippen molar-refractivity contribution in [3.8, 4) is 5.75 Å². The Morgan fingerprint density at radius 3 is 2.69 bits per heavy atom. The van der Waals surface area contributed by atoms with E-state index in [9.17, 15) is 14.9 Å². The average Bonchev–Trinajstić information content (AvgIpc) is 3.39. The Hall–Kier alpha value is -3.43. The van der Waals surface area contributed by atoms with Crippen molar-refractivity contribution in [2.24, 2.45) is 0 Å². The molecule has 152 valence electrons. The maximum Gasteiger partial charge on any atom is 0.329 e. The van der Waals surface area contributed by atoms with Crippen molar-refractivity contribution in [3.05, 3.63) is 40.6 Å². The molecular weight excluding hydrogens is 376 g/mol. The number of methoxy groups -OCH3 is 1. The lowest BCUT2D eigenvalue weighted by Gasteiger charge is -2.24. The number of carbonyl (C=O) groups is 1. The van der Waals surface area contributed by atoms with E-state index in [1.54, 1.807) is 36.3 Å². The van der Waals surface area contributed by atoms with Gasteiger partial charge in [-0.3, -0.25) is 14.9 Å². The third kappa shape index (κ3) is 4.20. The predicted octanol–water partition coefficient (Wildman–Crippen LogP) is 2.58. The lowest BCUT2D eigenvalue weighted by Crippen LogP contribution is -2.40. The second-order valence-corrected chi connectivity index (χ2v) is 7.15. The van der Waals surface area contributed by atoms with Gasteiger partial charge in [0.1, 0.15) is 18.0 Å². The van der Waals surface area contributed by atoms with Crippen LogP contribution >= 0.6 is 0 Å². The summed E-state index contributed by atoms with van der Waals surface area (Å²) in [6.07, 6.45) is 4.62. The summed E-state index contributed by atoms with van der Waals surface area (Å²) < 4.78 is 5.13. The normalized spacial score (nSPS) is 18.4. The number of benzene rings is 1. The number of hydrogen-bond acceptors (Lipinski definition) is 8. The molecule has 1 aromatic heterocycles. The number of anilines is 3. The molecule has 0 unspecified atom stereocenters. The molecule has 1 amide bonds. The molecule has 4 rings (SSSR count). The second kappa shape index (κ2) is 7.90. The number of amides is 1. The molecule has 0 radical (unpaired) electrons. The molecule has 1 aliphatic heterocycles. The zero-order valence-electron chi connectivity index (χ0n) is 16.0. The third-order valence-corrected chi connectivity index (χ3v) is 5.04. The molecule has 2 N–H and O–H groups in total. The molecule has 29 heavy (non-hydrogen) atoms. The fraction of sp³-hybridized carbons (Fsp3) is 0.421. The summed E-state index contributed by atoms with van der Waals surface area (Å²) in [7, 11) is 1.58. The average molecular weight is 398 g/mol. The summed E-state index contributed by atoms with van der Waals surface area (Å²) in [4.78, 5) is 34.0. The van der Waals surface area contributed by atoms with E-state index in [-0.39, 0.29) is 23.5 Å². The maximum absolute atomic E-state index is 12.8. The van der Waals surface area contributed by atoms with Crippen molar-refractivity contribution in [2.45, 2.75) is 37.8 Å². The molecule has 0 spiro atoms. The quantitative estimate of drug-likeness (QED) is 0.539. The van der Waals surface area contributed by atoms with Crippen LogP contribution in [0.4, 0.5) is 23.1 Å². The third-order valence-electron chi connectivity index (χ3n) is 5.04. The fourth-order valence-electron chi connectivity index (χ4n) is 3.34. The van der Waals surface area contributed by atoms with Crippen LogP contribution in [0.25, 0.3) is 0 Å². The van der Waals surface area contributed by atoms with E-state index in [0.717, 1.165) is 19.3 Å². The van der Waals surface area contributed by atoms with Gasteiger partial charge in [-0.15, -0.1) is 0 Å². The molecule has 1 aliphatic carbocycles. The van der Waals surface area contributed by atoms with E-state index in [0.29, 0.717) is 30.4 Å². The van der Waals surface area contributed by atoms with Gasteiger partial charge in [-0.2, -0.15) is 4.98 Å². The number of nitrogens with zero attached hydrogens (tertiary/aromatic N) is 4. The van der Waals surface area contributed by atoms with Gasteiger partial charge >= 0.3 is 5.69 Å². The first kappa shape index (κ1) is 18.9. The van der Waals surface area contributed by atoms with Crippen LogP contribution in [0.5, 0.6) is 5.75 Å². The summed E-state index contributed by atoms with van der Waals surface area (Å²) in [5, 5.41) is 17.3. The Bertz CT molecular complexity index is 915. The van der Waals surface area contributed by atoms with Crippen LogP contribution in [0.1, 0.15) is 25.7 Å². The van der Waals surface area contributed by atoms with Crippen LogP contribution in [-0.4, -0.2) is 46.5 Å². The minimum absolute atomic E-state index is 0.154. The molecule has 2 aromatic rings. The van der Waals surface area contributed by atoms with Crippen molar-refractivity contribution in [2.75, 3.05) is 29.2 Å². The van der Waals surface area contributed by atoms with E-state index in [1.807, 2.05) is 0 Å². The van der Waals surface area contributed by atoms with Crippen LogP contribution in [-0.2, 0) is 4.79 Å². The zero-order chi connectivity index (χ0) is 20.4. The maximum atomic E-state index is 12.8. The number of aromatic nitrogens is 2. The Balaban J connectivity index is 1.52. The van der Waals surface area contributed by atoms with Gasteiger partial charge in [0.2, 0.25) is 17.7 Å². The first-order valence-electron chi connectivity index (χ1n) is 9.54. The van der Waals surface area contributed by atoms with Crippen molar-refractivity contribution in [1.82, 2.24) is 9.97 Å². The highest BCUT2D eigenvalue weighted by Gasteiger charge is 2.34. The topological polar surface area (TPSA) is 123 Å². The zero-order valence-corrected chi connectivity index (χ0v) is 16.0. The fourth-order valence-corrected chi connectivity index (χ4v) is 3.34. The van der Waals surface area contributed by atoms with E-state index < -0.39 is 11.0 Å². The van der Waals surface area contributed by atoms with Crippen molar-refractivity contribution < 1.29 is 14.5 Å². The van der Waals surface area contributed by atoms with E-state index >= 15 is 0 Å². The summed E-state index contributed by atoms with van der Waals surface area (Å²) in [6, 6.07) is 6.87. The van der Waals surface area contributed by atoms with Crippen molar-refractivity contribution >= 4 is 29.0 Å². The number of nitro groups is 1. The molecule has 1 saturated carbocycles. The Morgan fingerprint density at radius 2 is 2.03 bits per heavy atom. The van der Waals surface area contributed by atoms with E-state index in [1.165, 1.54) is 6.20 Å². The number of nitrogens with one attached hydrogen (secondary N) is 2. The van der Waals surface area contributed by atoms with Gasteiger partial charge in [-0.25, -0.2) is 4.98 Å². The van der Waals surface area contributed by atoms with Crippen LogP contribution in [0.3, 0.4) is 0 Å². The Kier molecular flexibility index (Phi) is 5.15. The van der Waals surface area contributed by atoms with E-state index in [4.69, 9.17) is 4.74 Å². The largest absolute Gasteiger partial charge is 0.497 e. The molecule has 10 heteroatoms. The van der Waals surface area contributed by atoms with Gasteiger partial charge in [0.25, 0.3) is 0 Å². The standard InChI is InChI=1S/C19H22N6O4/c1-29-14-8-6-13(7-9-14)22-18(26)15-3-2-10-24(15)19-20-11-16(25(27)28)17(23-19)21-12-4-5-12/h6-9,11-12,15H,2-5,10H2,1H3,(H,22,26)(H,20,21,23)/t15-/m1/s1. The van der Waals surface area contributed by atoms with Crippen molar-refractivity contribution in [1.29, 1.82) is 0 Å². The monoisotopic (exact) mass is 398 g/mol. The van der Waals surface area contributed by atoms with E-state index in [2.05, 4.69) is 20.6 Å². The second-order valence-electron chi connectivity index (χ2n) is 7.15. The summed E-state index contributed by atoms with van der Waals surface area (Å²) in [6.45, 7) is 0.612. The summed E-state index contributed by atoms with van der Waals surface area (Å²) in [5.74, 6) is 1.08. The highest BCUT2D eigenvalue weighted by molar-refractivity contribution is 5.97. The lowest BCUT2D eigenvalue weighted by atomic mass is 10.2. The van der Waals surface area contributed by atoms with Gasteiger partial charge in [-0.1, -0.05) is 0 Å². The highest BCUT2D eigenvalue weighted by atomic mass is 16.6. The first-order valence-corrected chi connectivity index (χ1v) is 9.54. The summed E-state index contributed by atoms with van der Waals surface area (Å²) in [5.41, 5.74) is 0.516. The van der Waals surface area contributed by atoms with Crippen LogP contribution in [0, 0.1) is 10.1 Å². The number of ether oxygens (including phenoxy) is 1. The molecule has 2 aliphatic rings. The Labute approximate surface area is 167 Å². The van der Waals surface area contributed by atoms with Gasteiger partial charge in [0, 0.05) is 18.3 Å². The molecule has 0 bridgehead atoms. The van der Waals surface area contributed by atoms with Gasteiger partial charge < -0.3 is 20.3 Å². The molecular formula is C19H22N6O4. The molecule has 1 aromatic carbocycles. The highest BCUT2D eigenvalue weighted by Crippen LogP contribution is 2.32. The smallest absolute Gasteiger partial charge is 0.329 e. The molecule has 2 fully saturated rings. The first-order chi connectivity index (χ1) is 14.0. The van der Waals surface area contributed by atoms with Crippen LogP contribution in [0.15, 0.2) is 30.5 Å². The SMILES string of the molecule is COc1ccc(NC(=O)[C@H]2CCCN2c2ncc([N+](=O)[O-])c(NC3CC3)n2)cc1. The van der Waals surface area contributed by atoms with Crippen LogP contribution in [0.2, 0.25) is 0 Å². The molecule has 1 atom stereocenters. The Morgan fingerprint density at radius 1 is 1.28 bits per heavy atom. The molecule has 1 saturated heterocycles. The minimum Gasteiger partial charge on any atom is -0.497 e. The predicted molar refractivity (Wildman–Crippen MR) is 107 cm³/mol. The lowest BCUT2D eigenvalue weighted by molar-refractivity contribution is -0.384. The van der Waals surface area contributed by atoms with Gasteiger partial charge in [-0.05, 0) is 49.9 Å². The minimum atomic E-state index is -0.494. The number of hydrogen-bond donors (Lipinski definition) is 2. The number of carbonyl (C=O) groups excluding carboxylic acids is 1. The van der Waals surface area contributed by atoms with Gasteiger partial charge in [0.15, 0.2) is 0 Å².